The molecule has 0 saturated heterocycles. The summed E-state index contributed by atoms with van der Waals surface area (Å²) in [6, 6.07) is 15.8. The van der Waals surface area contributed by atoms with Gasteiger partial charge in [-0.2, -0.15) is 0 Å². The summed E-state index contributed by atoms with van der Waals surface area (Å²) in [7, 11) is 0. The molecule has 0 saturated carbocycles. The fourth-order valence-corrected chi connectivity index (χ4v) is 2.60. The highest BCUT2D eigenvalue weighted by Crippen LogP contribution is 2.19. The number of ether oxygens (including phenoxy) is 2. The van der Waals surface area contributed by atoms with Crippen LogP contribution in [0.4, 0.5) is 0 Å². The Labute approximate surface area is 174 Å². The molecule has 1 unspecified atom stereocenters. The third kappa shape index (κ3) is 7.52. The molecule has 0 radical (unpaired) electrons. The number of rotatable bonds is 10. The van der Waals surface area contributed by atoms with Crippen LogP contribution < -0.4 is 4.74 Å². The van der Waals surface area contributed by atoms with Gasteiger partial charge in [0.2, 0.25) is 0 Å². The lowest BCUT2D eigenvalue weighted by molar-refractivity contribution is -0.140. The van der Waals surface area contributed by atoms with E-state index in [0.29, 0.717) is 23.8 Å². The van der Waals surface area contributed by atoms with Gasteiger partial charge in [0.1, 0.15) is 24.1 Å². The number of aliphatic carboxylic acids is 1. The highest BCUT2D eigenvalue weighted by molar-refractivity contribution is 6.01. The lowest BCUT2D eigenvalue weighted by Crippen LogP contribution is -2.31. The van der Waals surface area contributed by atoms with Crippen molar-refractivity contribution in [2.24, 2.45) is 0 Å². The van der Waals surface area contributed by atoms with E-state index in [1.807, 2.05) is 30.3 Å². The van der Waals surface area contributed by atoms with Gasteiger partial charge in [-0.25, -0.2) is 9.59 Å². The van der Waals surface area contributed by atoms with Crippen molar-refractivity contribution in [1.82, 2.24) is 0 Å². The zero-order chi connectivity index (χ0) is 22.1. The molecule has 0 aliphatic heterocycles. The molecule has 2 aromatic rings. The highest BCUT2D eigenvalue weighted by Gasteiger charge is 2.25. The average molecular weight is 412 g/mol. The van der Waals surface area contributed by atoms with E-state index in [-0.39, 0.29) is 6.61 Å². The molecular formula is C23H24O7. The molecule has 0 aromatic heterocycles. The smallest absolute Gasteiger partial charge is 0.331 e. The molecule has 0 aliphatic carbocycles. The van der Waals surface area contributed by atoms with Crippen molar-refractivity contribution in [2.75, 3.05) is 6.61 Å². The van der Waals surface area contributed by atoms with Gasteiger partial charge in [-0.05, 0) is 43.7 Å². The Morgan fingerprint density at radius 2 is 1.63 bits per heavy atom. The van der Waals surface area contributed by atoms with E-state index >= 15 is 0 Å². The lowest BCUT2D eigenvalue weighted by atomic mass is 9.97. The van der Waals surface area contributed by atoms with Crippen molar-refractivity contribution in [2.45, 2.75) is 32.0 Å². The number of carboxylic acids is 1. The van der Waals surface area contributed by atoms with Crippen LogP contribution in [0.3, 0.4) is 0 Å². The van der Waals surface area contributed by atoms with Crippen LogP contribution in [0, 0.1) is 0 Å². The van der Waals surface area contributed by atoms with Gasteiger partial charge in [-0.3, -0.25) is 4.79 Å². The van der Waals surface area contributed by atoms with Gasteiger partial charge in [0.25, 0.3) is 0 Å². The first kappa shape index (κ1) is 22.8. The first-order valence-electron chi connectivity index (χ1n) is 9.30. The molecule has 0 bridgehead atoms. The molecular weight excluding hydrogens is 388 g/mol. The highest BCUT2D eigenvalue weighted by atomic mass is 16.6. The second-order valence-electron chi connectivity index (χ2n) is 7.14. The minimum atomic E-state index is -1.48. The molecule has 0 aliphatic rings. The second-order valence-corrected chi connectivity index (χ2v) is 7.14. The summed E-state index contributed by atoms with van der Waals surface area (Å²) in [6.07, 6.45) is 1.44. The minimum Gasteiger partial charge on any atom is -0.487 e. The van der Waals surface area contributed by atoms with Gasteiger partial charge in [0.15, 0.2) is 5.78 Å². The van der Waals surface area contributed by atoms with Crippen molar-refractivity contribution < 1.29 is 34.1 Å². The number of aliphatic hydroxyl groups is 1. The number of carbonyl (C=O) groups excluding carboxylic acids is 2. The summed E-state index contributed by atoms with van der Waals surface area (Å²) in [5, 5.41) is 18.4. The summed E-state index contributed by atoms with van der Waals surface area (Å²) in [5.41, 5.74) is -0.163. The number of hydrogen-bond donors (Lipinski definition) is 2. The van der Waals surface area contributed by atoms with Gasteiger partial charge in [0.05, 0.1) is 0 Å². The Bertz CT molecular complexity index is 893. The minimum absolute atomic E-state index is 0.0952. The fourth-order valence-electron chi connectivity index (χ4n) is 2.60. The Kier molecular flexibility index (Phi) is 7.89. The summed E-state index contributed by atoms with van der Waals surface area (Å²) in [6.45, 7) is 2.74. The van der Waals surface area contributed by atoms with E-state index in [2.05, 4.69) is 0 Å². The van der Waals surface area contributed by atoms with Crippen LogP contribution in [-0.2, 0) is 20.7 Å². The zero-order valence-electron chi connectivity index (χ0n) is 16.8. The molecule has 2 aromatic carbocycles. The number of hydrogen-bond acceptors (Lipinski definition) is 6. The third-order valence-electron chi connectivity index (χ3n) is 4.05. The molecule has 2 rings (SSSR count). The molecule has 0 amide bonds. The average Bonchev–Trinajstić information content (AvgIpc) is 2.70. The Morgan fingerprint density at radius 1 is 1.00 bits per heavy atom. The molecule has 0 spiro atoms. The number of ketones is 1. The van der Waals surface area contributed by atoms with Crippen molar-refractivity contribution >= 4 is 17.7 Å². The summed E-state index contributed by atoms with van der Waals surface area (Å²) in [4.78, 5) is 34.3. The van der Waals surface area contributed by atoms with Crippen LogP contribution in [0.5, 0.6) is 5.75 Å². The zero-order valence-corrected chi connectivity index (χ0v) is 16.8. The Morgan fingerprint density at radius 3 is 2.20 bits per heavy atom. The topological polar surface area (TPSA) is 110 Å². The van der Waals surface area contributed by atoms with E-state index in [9.17, 15) is 19.5 Å². The maximum absolute atomic E-state index is 12.1. The predicted octanol–water partition coefficient (Wildman–Crippen LogP) is 2.81. The first-order chi connectivity index (χ1) is 14.1. The SMILES string of the molecule is CC(C)(O)C(=O)c1ccc(OC(COC(=O)/C=C\C(=O)O)Cc2ccccc2)cc1. The largest absolute Gasteiger partial charge is 0.487 e. The molecule has 0 fully saturated rings. The van der Waals surface area contributed by atoms with E-state index in [4.69, 9.17) is 14.6 Å². The fraction of sp³-hybridized carbons (Fsp3) is 0.261. The molecule has 0 heterocycles. The van der Waals surface area contributed by atoms with Crippen LogP contribution in [0.1, 0.15) is 29.8 Å². The van der Waals surface area contributed by atoms with Crippen LogP contribution in [0.15, 0.2) is 66.7 Å². The van der Waals surface area contributed by atoms with Gasteiger partial charge in [-0.1, -0.05) is 30.3 Å². The summed E-state index contributed by atoms with van der Waals surface area (Å²) >= 11 is 0. The Balaban J connectivity index is 2.09. The quantitative estimate of drug-likeness (QED) is 0.351. The maximum atomic E-state index is 12.1. The summed E-state index contributed by atoms with van der Waals surface area (Å²) in [5.74, 6) is -1.98. The van der Waals surface area contributed by atoms with Crippen molar-refractivity contribution in [3.05, 3.63) is 77.9 Å². The van der Waals surface area contributed by atoms with E-state index in [0.717, 1.165) is 11.6 Å². The number of benzene rings is 2. The second kappa shape index (κ2) is 10.4. The van der Waals surface area contributed by atoms with Crippen LogP contribution in [-0.4, -0.2) is 46.2 Å². The normalized spacial score (nSPS) is 12.4. The van der Waals surface area contributed by atoms with Crippen molar-refractivity contribution in [1.29, 1.82) is 0 Å². The first-order valence-corrected chi connectivity index (χ1v) is 9.30. The summed E-state index contributed by atoms with van der Waals surface area (Å²) < 4.78 is 11.0. The number of esters is 1. The van der Waals surface area contributed by atoms with Crippen LogP contribution in [0.25, 0.3) is 0 Å². The molecule has 2 N–H and O–H groups in total. The van der Waals surface area contributed by atoms with Crippen molar-refractivity contribution in [3.8, 4) is 5.75 Å². The lowest BCUT2D eigenvalue weighted by Gasteiger charge is -2.20. The number of carboxylic acid groups (broad SMARTS) is 1. The van der Waals surface area contributed by atoms with Gasteiger partial charge in [0, 0.05) is 24.1 Å². The maximum Gasteiger partial charge on any atom is 0.331 e. The Hall–Kier alpha value is -3.45. The van der Waals surface area contributed by atoms with E-state index in [1.165, 1.54) is 13.8 Å². The van der Waals surface area contributed by atoms with Gasteiger partial charge >= 0.3 is 11.9 Å². The van der Waals surface area contributed by atoms with Crippen molar-refractivity contribution in [3.63, 3.8) is 0 Å². The molecule has 7 heteroatoms. The number of carbonyl (C=O) groups is 3. The molecule has 158 valence electrons. The number of Topliss-reactive ketones (excluding diaryl/α,β-unsaturated/α-hetero) is 1. The van der Waals surface area contributed by atoms with Crippen LogP contribution in [0.2, 0.25) is 0 Å². The predicted molar refractivity (Wildman–Crippen MR) is 109 cm³/mol. The van der Waals surface area contributed by atoms with E-state index in [1.54, 1.807) is 24.3 Å². The molecule has 30 heavy (non-hydrogen) atoms. The third-order valence-corrected chi connectivity index (χ3v) is 4.05. The van der Waals surface area contributed by atoms with Crippen LogP contribution >= 0.6 is 0 Å². The molecule has 1 atom stereocenters. The van der Waals surface area contributed by atoms with Gasteiger partial charge in [-0.15, -0.1) is 0 Å². The monoisotopic (exact) mass is 412 g/mol. The molecule has 7 nitrogen and oxygen atoms in total. The van der Waals surface area contributed by atoms with E-state index < -0.39 is 29.4 Å². The standard InChI is InChI=1S/C23H24O7/c1-23(2,28)22(27)17-8-10-18(11-9-17)30-19(14-16-6-4-3-5-7-16)15-29-21(26)13-12-20(24)25/h3-13,19,28H,14-15H2,1-2H3,(H,24,25)/b13-12-. The van der Waals surface area contributed by atoms with Gasteiger partial charge < -0.3 is 19.7 Å².